The molecule has 0 unspecified atom stereocenters. The smallest absolute Gasteiger partial charge is 0.278 e. The first-order valence-electron chi connectivity index (χ1n) is 12.9. The number of hydrogen-bond acceptors (Lipinski definition) is 8. The highest BCUT2D eigenvalue weighted by molar-refractivity contribution is 5.75. The van der Waals surface area contributed by atoms with E-state index in [1.807, 2.05) is 39.2 Å². The van der Waals surface area contributed by atoms with E-state index in [9.17, 15) is 4.79 Å². The third kappa shape index (κ3) is 8.12. The number of aryl methyl sites for hydroxylation is 1. The maximum Gasteiger partial charge on any atom is 0.278 e. The van der Waals surface area contributed by atoms with Crippen molar-refractivity contribution >= 4 is 34.6 Å². The van der Waals surface area contributed by atoms with Gasteiger partial charge in [-0.2, -0.15) is 4.98 Å². The van der Waals surface area contributed by atoms with E-state index in [0.29, 0.717) is 23.5 Å². The fourth-order valence-electron chi connectivity index (χ4n) is 3.82. The maximum absolute atomic E-state index is 12.4. The van der Waals surface area contributed by atoms with E-state index in [1.54, 1.807) is 21.6 Å². The van der Waals surface area contributed by atoms with Crippen LogP contribution < -0.4 is 21.5 Å². The molecule has 38 heavy (non-hydrogen) atoms. The first kappa shape index (κ1) is 30.5. The van der Waals surface area contributed by atoms with Gasteiger partial charge in [0.2, 0.25) is 5.95 Å². The molecular formula is C28H43N9O. The summed E-state index contributed by atoms with van der Waals surface area (Å²) in [6, 6.07) is 8.29. The molecule has 0 saturated carbocycles. The predicted octanol–water partition coefficient (Wildman–Crippen LogP) is 3.43. The molecule has 1 aliphatic rings. The minimum absolute atomic E-state index is 0.111. The molecule has 3 heterocycles. The Morgan fingerprint density at radius 2 is 1.79 bits per heavy atom. The van der Waals surface area contributed by atoms with Gasteiger partial charge in [0.25, 0.3) is 5.56 Å². The number of rotatable bonds is 7. The highest BCUT2D eigenvalue weighted by Crippen LogP contribution is 2.21. The number of hydrogen-bond donors (Lipinski definition) is 2. The molecule has 0 spiro atoms. The number of nitrogens with zero attached hydrogens (tertiary/aromatic N) is 7. The van der Waals surface area contributed by atoms with Crippen LogP contribution in [0, 0.1) is 0 Å². The van der Waals surface area contributed by atoms with Gasteiger partial charge in [0.05, 0.1) is 13.1 Å². The lowest BCUT2D eigenvalue weighted by molar-refractivity contribution is 0.313. The minimum Gasteiger partial charge on any atom is -0.369 e. The zero-order valence-corrected chi connectivity index (χ0v) is 23.7. The lowest BCUT2D eigenvalue weighted by Crippen LogP contribution is -2.44. The molecule has 0 aliphatic carbocycles. The Kier molecular flexibility index (Phi) is 12.4. The summed E-state index contributed by atoms with van der Waals surface area (Å²) in [5, 5.41) is 3.73. The molecular weight excluding hydrogens is 478 g/mol. The zero-order chi connectivity index (χ0) is 28.1. The summed E-state index contributed by atoms with van der Waals surface area (Å²) in [5.74, 6) is 0.464. The summed E-state index contributed by atoms with van der Waals surface area (Å²) in [7, 11) is 5.47. The van der Waals surface area contributed by atoms with Crippen LogP contribution in [-0.4, -0.2) is 77.3 Å². The average Bonchev–Trinajstić information content (AvgIpc) is 3.18. The second-order valence-corrected chi connectivity index (χ2v) is 8.83. The van der Waals surface area contributed by atoms with Gasteiger partial charge in [-0.3, -0.25) is 14.5 Å². The molecule has 3 N–H and O–H groups in total. The highest BCUT2D eigenvalue weighted by atomic mass is 16.1. The summed E-state index contributed by atoms with van der Waals surface area (Å²) in [6.45, 7) is 15.3. The second kappa shape index (κ2) is 15.5. The number of aromatic nitrogens is 4. The number of aliphatic imine (C=N–C) groups is 1. The van der Waals surface area contributed by atoms with Gasteiger partial charge >= 0.3 is 0 Å². The number of fused-ring (bicyclic) bond motifs is 1. The van der Waals surface area contributed by atoms with Crippen LogP contribution in [0.2, 0.25) is 0 Å². The van der Waals surface area contributed by atoms with Gasteiger partial charge in [0.1, 0.15) is 5.39 Å². The van der Waals surface area contributed by atoms with Crippen LogP contribution >= 0.6 is 0 Å². The van der Waals surface area contributed by atoms with Crippen molar-refractivity contribution in [1.82, 2.24) is 24.2 Å². The fraction of sp³-hybridized carbons (Fsp3) is 0.429. The molecule has 1 saturated heterocycles. The van der Waals surface area contributed by atoms with Crippen LogP contribution in [0.15, 0.2) is 64.6 Å². The Balaban J connectivity index is 0.000000437. The summed E-state index contributed by atoms with van der Waals surface area (Å²) < 4.78 is 3.32. The van der Waals surface area contributed by atoms with Gasteiger partial charge in [-0.25, -0.2) is 9.67 Å². The van der Waals surface area contributed by atoms with Gasteiger partial charge in [0.15, 0.2) is 5.65 Å². The predicted molar refractivity (Wildman–Crippen MR) is 161 cm³/mol. The summed E-state index contributed by atoms with van der Waals surface area (Å²) >= 11 is 0. The van der Waals surface area contributed by atoms with Gasteiger partial charge in [-0.1, -0.05) is 17.7 Å². The first-order chi connectivity index (χ1) is 18.4. The Labute approximate surface area is 226 Å². The Morgan fingerprint density at radius 1 is 1.13 bits per heavy atom. The largest absolute Gasteiger partial charge is 0.369 e. The van der Waals surface area contributed by atoms with Gasteiger partial charge in [0, 0.05) is 50.8 Å². The van der Waals surface area contributed by atoms with Crippen LogP contribution in [0.3, 0.4) is 0 Å². The Morgan fingerprint density at radius 3 is 2.37 bits per heavy atom. The van der Waals surface area contributed by atoms with E-state index in [4.69, 9.17) is 0 Å². The Bertz CT molecular complexity index is 1260. The van der Waals surface area contributed by atoms with E-state index < -0.39 is 0 Å². The van der Waals surface area contributed by atoms with Crippen molar-refractivity contribution in [2.75, 3.05) is 57.0 Å². The summed E-state index contributed by atoms with van der Waals surface area (Å²) in [4.78, 5) is 30.0. The number of anilines is 3. The van der Waals surface area contributed by atoms with Crippen LogP contribution in [-0.2, 0) is 13.6 Å². The lowest BCUT2D eigenvalue weighted by atomic mass is 10.2. The minimum atomic E-state index is -0.111. The van der Waals surface area contributed by atoms with Gasteiger partial charge in [-0.05, 0) is 65.3 Å². The van der Waals surface area contributed by atoms with E-state index in [2.05, 4.69) is 74.6 Å². The first-order valence-corrected chi connectivity index (χ1v) is 12.9. The van der Waals surface area contributed by atoms with E-state index >= 15 is 0 Å². The quantitative estimate of drug-likeness (QED) is 0.362. The third-order valence-corrected chi connectivity index (χ3v) is 6.21. The topological polar surface area (TPSA) is 110 Å². The highest BCUT2D eigenvalue weighted by Gasteiger charge is 2.15. The third-order valence-electron chi connectivity index (χ3n) is 6.21. The standard InChI is InChI=1S/C20H25N7O.C7H13N.CH5N/c1-4-9-27-19(28)17-14-21-20(23-18(17)25(27)3)22-15-5-7-16(8-6-15)26-12-10-24(2)11-13-26;1-4-7(3)6-8-5-2;1-2/h4-8,14H,1,9-13H2,2-3H3,(H,21,22,23);4-5H,6H2,1-3H3;2H2,1H3/b;7-4-,8-5?;. The van der Waals surface area contributed by atoms with E-state index in [0.717, 1.165) is 38.4 Å². The SMILES string of the molecule is C=CCn1c(=O)c2cnc(Nc3ccc(N4CCN(C)CC4)cc3)nc2n1C.CC=NC/C(C)=C\C.CN. The molecule has 206 valence electrons. The average molecular weight is 522 g/mol. The molecule has 0 amide bonds. The van der Waals surface area contributed by atoms with E-state index in [1.165, 1.54) is 18.3 Å². The summed E-state index contributed by atoms with van der Waals surface area (Å²) in [5.41, 5.74) is 8.44. The van der Waals surface area contributed by atoms with Crippen molar-refractivity contribution in [3.63, 3.8) is 0 Å². The van der Waals surface area contributed by atoms with E-state index in [-0.39, 0.29) is 5.56 Å². The van der Waals surface area contributed by atoms with Crippen molar-refractivity contribution in [1.29, 1.82) is 0 Å². The van der Waals surface area contributed by atoms with Crippen molar-refractivity contribution < 1.29 is 0 Å². The lowest BCUT2D eigenvalue weighted by Gasteiger charge is -2.34. The number of piperazine rings is 1. The number of allylic oxidation sites excluding steroid dienone is 2. The molecule has 1 aromatic carbocycles. The summed E-state index contributed by atoms with van der Waals surface area (Å²) in [6.07, 6.45) is 7.17. The molecule has 0 radical (unpaired) electrons. The number of benzene rings is 1. The number of nitrogens with two attached hydrogens (primary N) is 1. The molecule has 3 aromatic rings. The molecule has 10 nitrogen and oxygen atoms in total. The zero-order valence-electron chi connectivity index (χ0n) is 23.7. The van der Waals surface area contributed by atoms with Gasteiger partial charge in [-0.15, -0.1) is 6.58 Å². The van der Waals surface area contributed by atoms with Crippen molar-refractivity contribution in [2.24, 2.45) is 17.8 Å². The van der Waals surface area contributed by atoms with Crippen LogP contribution in [0.5, 0.6) is 0 Å². The van der Waals surface area contributed by atoms with Crippen molar-refractivity contribution in [2.45, 2.75) is 27.3 Å². The monoisotopic (exact) mass is 521 g/mol. The molecule has 4 rings (SSSR count). The molecule has 1 fully saturated rings. The van der Waals surface area contributed by atoms with Crippen LogP contribution in [0.1, 0.15) is 20.8 Å². The fourth-order valence-corrected chi connectivity index (χ4v) is 3.82. The normalized spacial score (nSPS) is 14.1. The number of likely N-dealkylation sites (N-methyl/N-ethyl adjacent to an activating group) is 1. The van der Waals surface area contributed by atoms with Crippen LogP contribution in [0.4, 0.5) is 17.3 Å². The van der Waals surface area contributed by atoms with Gasteiger partial charge < -0.3 is 20.9 Å². The molecule has 10 heteroatoms. The molecule has 0 atom stereocenters. The van der Waals surface area contributed by atoms with Crippen LogP contribution in [0.25, 0.3) is 11.0 Å². The second-order valence-electron chi connectivity index (χ2n) is 8.83. The molecule has 0 bridgehead atoms. The molecule has 2 aromatic heterocycles. The molecule has 1 aliphatic heterocycles. The maximum atomic E-state index is 12.4. The Hall–Kier alpha value is -3.76. The van der Waals surface area contributed by atoms with Crippen molar-refractivity contribution in [3.8, 4) is 0 Å². The number of nitrogens with one attached hydrogen (secondary N) is 1. The van der Waals surface area contributed by atoms with Crippen molar-refractivity contribution in [3.05, 3.63) is 65.1 Å².